The van der Waals surface area contributed by atoms with Crippen molar-refractivity contribution in [1.29, 1.82) is 0 Å². The number of aliphatic hydroxyl groups is 1. The number of benzene rings is 1. The van der Waals surface area contributed by atoms with Crippen molar-refractivity contribution in [2.75, 3.05) is 13.2 Å². The van der Waals surface area contributed by atoms with Gasteiger partial charge in [-0.25, -0.2) is 28.1 Å². The van der Waals surface area contributed by atoms with Gasteiger partial charge in [-0.3, -0.25) is 9.48 Å². The zero-order chi connectivity index (χ0) is 37.6. The smallest absolute Gasteiger partial charge is 0.373 e. The van der Waals surface area contributed by atoms with E-state index in [2.05, 4.69) is 27.1 Å². The van der Waals surface area contributed by atoms with Crippen LogP contribution in [0.25, 0.3) is 16.8 Å². The van der Waals surface area contributed by atoms with Crippen LogP contribution in [-0.2, 0) is 34.6 Å². The number of carbonyl (C=O) groups excluding carboxylic acids is 1. The number of hydrogen-bond donors (Lipinski definition) is 2. The van der Waals surface area contributed by atoms with Crippen molar-refractivity contribution in [3.8, 4) is 23.0 Å². The van der Waals surface area contributed by atoms with Crippen molar-refractivity contribution in [3.05, 3.63) is 104 Å². The average molecular weight is 741 g/mol. The van der Waals surface area contributed by atoms with Gasteiger partial charge in [0.1, 0.15) is 29.6 Å². The van der Waals surface area contributed by atoms with Gasteiger partial charge in [0.05, 0.1) is 18.9 Å². The minimum atomic E-state index is -5.04. The molecular formula is C36H27F7N6O4. The molecule has 3 atom stereocenters. The molecule has 5 aromatic rings. The van der Waals surface area contributed by atoms with E-state index in [1.165, 1.54) is 10.5 Å². The van der Waals surface area contributed by atoms with Gasteiger partial charge in [0.15, 0.2) is 22.7 Å². The van der Waals surface area contributed by atoms with Crippen LogP contribution in [0.5, 0.6) is 0 Å². The molecule has 1 saturated heterocycles. The highest BCUT2D eigenvalue weighted by Gasteiger charge is 2.68. The van der Waals surface area contributed by atoms with Gasteiger partial charge in [0.25, 0.3) is 5.92 Å². The molecule has 0 bridgehead atoms. The molecule has 1 saturated carbocycles. The lowest BCUT2D eigenvalue weighted by Gasteiger charge is -2.30. The minimum Gasteiger partial charge on any atom is -0.373 e. The first-order valence-corrected chi connectivity index (χ1v) is 16.5. The fourth-order valence-electron chi connectivity index (χ4n) is 7.44. The summed E-state index contributed by atoms with van der Waals surface area (Å²) in [5.41, 5.74) is -3.12. The fourth-order valence-corrected chi connectivity index (χ4v) is 7.44. The Morgan fingerprint density at radius 2 is 1.83 bits per heavy atom. The van der Waals surface area contributed by atoms with Gasteiger partial charge in [-0.2, -0.15) is 32.1 Å². The lowest BCUT2D eigenvalue weighted by molar-refractivity contribution is -0.142. The largest absolute Gasteiger partial charge is 0.435 e. The molecule has 1 aliphatic heterocycles. The van der Waals surface area contributed by atoms with Crippen LogP contribution in [0.3, 0.4) is 0 Å². The topological polar surface area (TPSA) is 127 Å². The second-order valence-corrected chi connectivity index (χ2v) is 13.7. The SMILES string of the molecule is Cc1c(-c2ccc(C#CC3(O)COC3)nc2[C@@H](CC(=O)Cn2nc(C(F)(F)F)c3c2C(F)(F)[C@@H]2C[C@H]32)Cc2cc(F)cc(F)c2)ccc2n[nH]c(=O)n12. The van der Waals surface area contributed by atoms with E-state index in [1.54, 1.807) is 25.1 Å². The van der Waals surface area contributed by atoms with Gasteiger partial charge in [-0.1, -0.05) is 5.92 Å². The Morgan fingerprint density at radius 1 is 1.11 bits per heavy atom. The van der Waals surface area contributed by atoms with Crippen LogP contribution >= 0.6 is 0 Å². The number of H-pyrrole nitrogens is 1. The number of carbonyl (C=O) groups is 1. The number of aryl methyl sites for hydroxylation is 1. The van der Waals surface area contributed by atoms with Crippen molar-refractivity contribution < 1.29 is 45.4 Å². The number of hydrogen-bond acceptors (Lipinski definition) is 7. The number of aromatic nitrogens is 6. The molecule has 5 heterocycles. The first kappa shape index (κ1) is 34.7. The van der Waals surface area contributed by atoms with Crippen molar-refractivity contribution in [3.63, 3.8) is 0 Å². The Morgan fingerprint density at radius 3 is 2.51 bits per heavy atom. The van der Waals surface area contributed by atoms with Gasteiger partial charge in [0.2, 0.25) is 0 Å². The van der Waals surface area contributed by atoms with Gasteiger partial charge >= 0.3 is 11.9 Å². The van der Waals surface area contributed by atoms with Crippen LogP contribution in [0.1, 0.15) is 64.3 Å². The molecule has 0 unspecified atom stereocenters. The van der Waals surface area contributed by atoms with Crippen LogP contribution in [0.2, 0.25) is 0 Å². The van der Waals surface area contributed by atoms with Gasteiger partial charge in [-0.15, -0.1) is 0 Å². The molecule has 2 N–H and O–H groups in total. The predicted molar refractivity (Wildman–Crippen MR) is 171 cm³/mol. The van der Waals surface area contributed by atoms with E-state index >= 15 is 8.78 Å². The molecule has 10 nitrogen and oxygen atoms in total. The van der Waals surface area contributed by atoms with E-state index < -0.39 is 88.5 Å². The monoisotopic (exact) mass is 740 g/mol. The van der Waals surface area contributed by atoms with Crippen LogP contribution in [0.4, 0.5) is 30.7 Å². The summed E-state index contributed by atoms with van der Waals surface area (Å²) in [6, 6.07) is 9.05. The minimum absolute atomic E-state index is 0.0421. The number of ether oxygens (including phenoxy) is 1. The first-order chi connectivity index (χ1) is 25.0. The molecule has 0 spiro atoms. The second-order valence-electron chi connectivity index (χ2n) is 13.7. The second kappa shape index (κ2) is 12.1. The van der Waals surface area contributed by atoms with E-state index in [9.17, 15) is 36.6 Å². The number of aromatic amines is 1. The van der Waals surface area contributed by atoms with Crippen LogP contribution in [0, 0.1) is 36.3 Å². The van der Waals surface area contributed by atoms with Crippen molar-refractivity contribution >= 4 is 11.4 Å². The molecule has 1 aromatic carbocycles. The molecule has 3 aliphatic rings. The summed E-state index contributed by atoms with van der Waals surface area (Å²) < 4.78 is 108. The highest BCUT2D eigenvalue weighted by Crippen LogP contribution is 2.68. The third-order valence-electron chi connectivity index (χ3n) is 9.93. The van der Waals surface area contributed by atoms with Crippen LogP contribution in [0.15, 0.2) is 47.3 Å². The average Bonchev–Trinajstić information content (AvgIpc) is 3.56. The summed E-state index contributed by atoms with van der Waals surface area (Å²) in [7, 11) is 0. The van der Waals surface area contributed by atoms with Crippen LogP contribution in [-0.4, -0.2) is 59.1 Å². The fraction of sp³-hybridized carbons (Fsp3) is 0.361. The molecule has 53 heavy (non-hydrogen) atoms. The molecule has 8 rings (SSSR count). The Hall–Kier alpha value is -5.34. The van der Waals surface area contributed by atoms with E-state index in [1.807, 2.05) is 0 Å². The molecule has 17 heteroatoms. The Balaban J connectivity index is 1.24. The van der Waals surface area contributed by atoms with Crippen LogP contribution < -0.4 is 5.69 Å². The van der Waals surface area contributed by atoms with Crippen molar-refractivity contribution in [1.82, 2.24) is 29.4 Å². The summed E-state index contributed by atoms with van der Waals surface area (Å²) >= 11 is 0. The summed E-state index contributed by atoms with van der Waals surface area (Å²) in [6.45, 7) is 0.601. The van der Waals surface area contributed by atoms with Crippen molar-refractivity contribution in [2.24, 2.45) is 5.92 Å². The first-order valence-electron chi connectivity index (χ1n) is 16.5. The maximum absolute atomic E-state index is 15.3. The molecule has 2 aliphatic carbocycles. The lowest BCUT2D eigenvalue weighted by Crippen LogP contribution is -2.48. The molecule has 274 valence electrons. The predicted octanol–water partition coefficient (Wildman–Crippen LogP) is 5.19. The number of pyridine rings is 2. The molecule has 0 radical (unpaired) electrons. The third-order valence-corrected chi connectivity index (χ3v) is 9.93. The number of nitrogens with zero attached hydrogens (tertiary/aromatic N) is 5. The number of ketones is 1. The van der Waals surface area contributed by atoms with Gasteiger partial charge in [0, 0.05) is 46.7 Å². The normalized spacial score (nSPS) is 19.9. The van der Waals surface area contributed by atoms with Gasteiger partial charge < -0.3 is 9.84 Å². The number of rotatable bonds is 8. The molecule has 4 aromatic heterocycles. The Bertz CT molecular complexity index is 2430. The van der Waals surface area contributed by atoms with E-state index in [0.717, 1.165) is 12.1 Å². The quantitative estimate of drug-likeness (QED) is 0.166. The lowest BCUT2D eigenvalue weighted by atomic mass is 9.86. The highest BCUT2D eigenvalue weighted by molar-refractivity contribution is 5.80. The highest BCUT2D eigenvalue weighted by atomic mass is 19.4. The molecule has 2 fully saturated rings. The summed E-state index contributed by atoms with van der Waals surface area (Å²) in [5, 5.41) is 20.3. The van der Waals surface area contributed by atoms with E-state index in [4.69, 9.17) is 9.72 Å². The summed E-state index contributed by atoms with van der Waals surface area (Å²) in [5.74, 6) is -4.21. The number of fused-ring (bicyclic) bond motifs is 4. The number of alkyl halides is 5. The summed E-state index contributed by atoms with van der Waals surface area (Å²) in [4.78, 5) is 31.2. The number of halogens is 7. The third kappa shape index (κ3) is 6.09. The van der Waals surface area contributed by atoms with E-state index in [0.29, 0.717) is 33.2 Å². The van der Waals surface area contributed by atoms with Crippen molar-refractivity contribution in [2.45, 2.75) is 62.3 Å². The zero-order valence-corrected chi connectivity index (χ0v) is 27.6. The van der Waals surface area contributed by atoms with E-state index in [-0.39, 0.29) is 43.0 Å². The van der Waals surface area contributed by atoms with Gasteiger partial charge in [-0.05, 0) is 73.6 Å². The zero-order valence-electron chi connectivity index (χ0n) is 27.6. The summed E-state index contributed by atoms with van der Waals surface area (Å²) in [6.07, 6.45) is -5.95. The number of nitrogens with one attached hydrogen (secondary N) is 1. The number of Topliss-reactive ketones (excluding diaryl/α,β-unsaturated/α-hetero) is 1. The maximum Gasteiger partial charge on any atom is 0.435 e. The standard InChI is InChI=1S/C36H27F7N6O4/c1-17-24(4-5-28-45-46-33(51)49(17)28)25-3-2-22(6-7-34(52)15-53-16-34)44-30(25)19(8-18-9-20(37)12-21(38)10-18)11-23(50)14-48-32-29(31(47-48)36(41,42)43)26-13-27(26)35(32,39)40/h2-5,9-10,12,19,26-27,52H,8,11,13-16H2,1H3,(H,46,51)/t19-,26+,27-/m1/s1. The molecule has 0 amide bonds. The Labute approximate surface area is 294 Å². The maximum atomic E-state index is 15.3. The Kier molecular flexibility index (Phi) is 7.93. The molecular weight excluding hydrogens is 713 g/mol.